The number of ether oxygens (including phenoxy) is 1. The second kappa shape index (κ2) is 5.54. The Hall–Kier alpha value is -2.05. The Morgan fingerprint density at radius 1 is 1.35 bits per heavy atom. The number of carbonyl (C=O) groups is 2. The lowest BCUT2D eigenvalue weighted by Crippen LogP contribution is -2.48. The third kappa shape index (κ3) is 2.68. The molecule has 0 bridgehead atoms. The Balaban J connectivity index is 2.00. The second-order valence-electron chi connectivity index (χ2n) is 6.01. The predicted octanol–water partition coefficient (Wildman–Crippen LogP) is 2.72. The average molecular weight is 327 g/mol. The highest BCUT2D eigenvalue weighted by Gasteiger charge is 2.47. The molecule has 0 aromatic heterocycles. The van der Waals surface area contributed by atoms with Gasteiger partial charge in [0.25, 0.3) is 11.8 Å². The smallest absolute Gasteiger partial charge is 0.310 e. The van der Waals surface area contributed by atoms with E-state index in [9.17, 15) is 22.8 Å². The van der Waals surface area contributed by atoms with Crippen LogP contribution >= 0.6 is 0 Å². The molecule has 124 valence electrons. The summed E-state index contributed by atoms with van der Waals surface area (Å²) < 4.78 is 47.0. The highest BCUT2D eigenvalue weighted by atomic mass is 19.3. The molecule has 2 aliphatic rings. The van der Waals surface area contributed by atoms with Crippen molar-refractivity contribution in [1.82, 2.24) is 4.90 Å². The Kier molecular flexibility index (Phi) is 3.82. The lowest BCUT2D eigenvalue weighted by molar-refractivity contribution is -0.147. The van der Waals surface area contributed by atoms with E-state index in [4.69, 9.17) is 0 Å². The number of fused-ring (bicyclic) bond motifs is 2. The molecule has 0 unspecified atom stereocenters. The fourth-order valence-electron chi connectivity index (χ4n) is 3.41. The number of methoxy groups -OCH3 is 1. The van der Waals surface area contributed by atoms with Gasteiger partial charge in [-0.3, -0.25) is 9.59 Å². The molecule has 0 N–H and O–H groups in total. The number of halogens is 3. The molecule has 1 aromatic carbocycles. The molecule has 2 heterocycles. The van der Waals surface area contributed by atoms with E-state index in [0.29, 0.717) is 6.42 Å². The minimum absolute atomic E-state index is 0.0447. The third-order valence-electron chi connectivity index (χ3n) is 4.60. The molecule has 0 radical (unpaired) electrons. The zero-order valence-corrected chi connectivity index (χ0v) is 12.5. The summed E-state index contributed by atoms with van der Waals surface area (Å²) in [4.78, 5) is 25.6. The number of amides is 1. The molecule has 2 aliphatic heterocycles. The van der Waals surface area contributed by atoms with Gasteiger partial charge in [0.1, 0.15) is 5.82 Å². The first-order valence-electron chi connectivity index (χ1n) is 7.40. The maximum atomic E-state index is 14.5. The molecule has 1 amide bonds. The summed E-state index contributed by atoms with van der Waals surface area (Å²) in [7, 11) is 1.25. The van der Waals surface area contributed by atoms with Crippen molar-refractivity contribution in [3.8, 4) is 0 Å². The topological polar surface area (TPSA) is 46.6 Å². The number of carbonyl (C=O) groups excluding carboxylic acids is 2. The van der Waals surface area contributed by atoms with E-state index in [1.807, 2.05) is 0 Å². The summed E-state index contributed by atoms with van der Waals surface area (Å²) in [6.45, 7) is 0.0447. The first-order chi connectivity index (χ1) is 10.8. The second-order valence-corrected chi connectivity index (χ2v) is 6.01. The van der Waals surface area contributed by atoms with E-state index in [1.54, 1.807) is 0 Å². The van der Waals surface area contributed by atoms with Crippen LogP contribution in [0.25, 0.3) is 0 Å². The molecule has 1 fully saturated rings. The standard InChI is InChI=1S/C16H16F3NO3/c1-23-15(22)9-2-4-11-7-16(18,19)13-6-10(17)3-5-12(13)14(21)20(11)8-9/h3,5-6,9,11H,2,4,7-8H2,1H3/t9-,11+/m0/s1. The van der Waals surface area contributed by atoms with E-state index in [2.05, 4.69) is 4.74 Å². The van der Waals surface area contributed by atoms with Gasteiger partial charge in [0.05, 0.1) is 13.0 Å². The minimum Gasteiger partial charge on any atom is -0.469 e. The van der Waals surface area contributed by atoms with E-state index < -0.39 is 47.6 Å². The van der Waals surface area contributed by atoms with Gasteiger partial charge in [-0.25, -0.2) is 13.2 Å². The van der Waals surface area contributed by atoms with E-state index in [1.165, 1.54) is 12.0 Å². The number of hydrogen-bond donors (Lipinski definition) is 0. The van der Waals surface area contributed by atoms with Crippen molar-refractivity contribution in [2.24, 2.45) is 5.92 Å². The van der Waals surface area contributed by atoms with Crippen LogP contribution in [0.2, 0.25) is 0 Å². The molecule has 7 heteroatoms. The maximum Gasteiger partial charge on any atom is 0.310 e. The van der Waals surface area contributed by atoms with E-state index >= 15 is 0 Å². The van der Waals surface area contributed by atoms with Crippen LogP contribution in [0.4, 0.5) is 13.2 Å². The van der Waals surface area contributed by atoms with Gasteiger partial charge in [-0.1, -0.05) is 0 Å². The number of nitrogens with zero attached hydrogens (tertiary/aromatic N) is 1. The maximum absolute atomic E-state index is 14.5. The summed E-state index contributed by atoms with van der Waals surface area (Å²) in [5.74, 6) is -5.65. The Labute approximate surface area is 131 Å². The van der Waals surface area contributed by atoms with Gasteiger partial charge in [-0.2, -0.15) is 0 Å². The van der Waals surface area contributed by atoms with Crippen LogP contribution in [-0.2, 0) is 15.5 Å². The fraction of sp³-hybridized carbons (Fsp3) is 0.500. The van der Waals surface area contributed by atoms with Crippen molar-refractivity contribution < 1.29 is 27.5 Å². The van der Waals surface area contributed by atoms with Gasteiger partial charge in [0.2, 0.25) is 0 Å². The lowest BCUT2D eigenvalue weighted by atomic mass is 9.90. The van der Waals surface area contributed by atoms with Gasteiger partial charge in [-0.15, -0.1) is 0 Å². The quantitative estimate of drug-likeness (QED) is 0.745. The number of piperidine rings is 1. The molecule has 0 spiro atoms. The molecular weight excluding hydrogens is 311 g/mol. The van der Waals surface area contributed by atoms with Crippen LogP contribution < -0.4 is 0 Å². The molecule has 1 saturated heterocycles. The number of esters is 1. The van der Waals surface area contributed by atoms with Crippen molar-refractivity contribution >= 4 is 11.9 Å². The largest absolute Gasteiger partial charge is 0.469 e. The van der Waals surface area contributed by atoms with Crippen molar-refractivity contribution in [2.75, 3.05) is 13.7 Å². The summed E-state index contributed by atoms with van der Waals surface area (Å²) in [5, 5.41) is 0. The highest BCUT2D eigenvalue weighted by Crippen LogP contribution is 2.42. The number of benzene rings is 1. The van der Waals surface area contributed by atoms with E-state index in [-0.39, 0.29) is 18.5 Å². The summed E-state index contributed by atoms with van der Waals surface area (Å²) >= 11 is 0. The number of hydrogen-bond acceptors (Lipinski definition) is 3. The van der Waals surface area contributed by atoms with Crippen LogP contribution in [0.15, 0.2) is 18.2 Å². The molecule has 1 aromatic rings. The minimum atomic E-state index is -3.29. The SMILES string of the molecule is COC(=O)[C@H]1CC[C@@H]2CC(F)(F)c3cc(F)ccc3C(=O)N2C1. The van der Waals surface area contributed by atoms with Gasteiger partial charge >= 0.3 is 5.97 Å². The van der Waals surface area contributed by atoms with Crippen LogP contribution in [0.1, 0.15) is 35.2 Å². The molecule has 2 atom stereocenters. The highest BCUT2D eigenvalue weighted by molar-refractivity contribution is 5.97. The summed E-state index contributed by atoms with van der Waals surface area (Å²) in [6.07, 6.45) is 0.114. The zero-order chi connectivity index (χ0) is 16.8. The molecular formula is C16H16F3NO3. The molecule has 0 aliphatic carbocycles. The molecule has 0 saturated carbocycles. The Morgan fingerprint density at radius 2 is 2.09 bits per heavy atom. The van der Waals surface area contributed by atoms with Crippen LogP contribution in [0.5, 0.6) is 0 Å². The molecule has 23 heavy (non-hydrogen) atoms. The van der Waals surface area contributed by atoms with Gasteiger partial charge in [0.15, 0.2) is 0 Å². The fourth-order valence-corrected chi connectivity index (χ4v) is 3.41. The van der Waals surface area contributed by atoms with E-state index in [0.717, 1.165) is 18.2 Å². The Morgan fingerprint density at radius 3 is 2.78 bits per heavy atom. The van der Waals surface area contributed by atoms with Crippen molar-refractivity contribution in [1.29, 1.82) is 0 Å². The third-order valence-corrected chi connectivity index (χ3v) is 4.60. The van der Waals surface area contributed by atoms with Crippen molar-refractivity contribution in [2.45, 2.75) is 31.2 Å². The monoisotopic (exact) mass is 327 g/mol. The number of rotatable bonds is 1. The molecule has 4 nitrogen and oxygen atoms in total. The van der Waals surface area contributed by atoms with Crippen LogP contribution in [0, 0.1) is 11.7 Å². The van der Waals surface area contributed by atoms with Gasteiger partial charge in [0, 0.05) is 30.1 Å². The summed E-state index contributed by atoms with van der Waals surface area (Å²) in [5.41, 5.74) is -0.782. The lowest BCUT2D eigenvalue weighted by Gasteiger charge is -2.38. The van der Waals surface area contributed by atoms with Crippen LogP contribution in [-0.4, -0.2) is 36.5 Å². The van der Waals surface area contributed by atoms with Gasteiger partial charge in [-0.05, 0) is 31.0 Å². The van der Waals surface area contributed by atoms with Crippen molar-refractivity contribution in [3.05, 3.63) is 35.1 Å². The number of alkyl halides is 2. The summed E-state index contributed by atoms with van der Waals surface area (Å²) in [6, 6.07) is 2.14. The predicted molar refractivity (Wildman–Crippen MR) is 74.5 cm³/mol. The normalized spacial score (nSPS) is 26.1. The first-order valence-corrected chi connectivity index (χ1v) is 7.40. The van der Waals surface area contributed by atoms with Crippen molar-refractivity contribution in [3.63, 3.8) is 0 Å². The van der Waals surface area contributed by atoms with Crippen LogP contribution in [0.3, 0.4) is 0 Å². The van der Waals surface area contributed by atoms with Gasteiger partial charge < -0.3 is 9.64 Å². The Bertz CT molecular complexity index is 662. The zero-order valence-electron chi connectivity index (χ0n) is 12.5. The average Bonchev–Trinajstić information content (AvgIpc) is 2.60. The first kappa shape index (κ1) is 15.8. The molecule has 3 rings (SSSR count).